The molecule has 8 atom stereocenters. The molecule has 28 heavy (non-hydrogen) atoms. The molecule has 1 saturated heterocycles. The lowest BCUT2D eigenvalue weighted by Crippen LogP contribution is -2.69. The van der Waals surface area contributed by atoms with Crippen molar-refractivity contribution in [1.82, 2.24) is 0 Å². The second kappa shape index (κ2) is 5.35. The van der Waals surface area contributed by atoms with Gasteiger partial charge in [0.2, 0.25) is 0 Å². The van der Waals surface area contributed by atoms with E-state index in [0.717, 1.165) is 12.0 Å². The molecule has 0 unspecified atom stereocenters. The molecule has 6 heteroatoms. The standard InChI is InChI=1S/C22H28O6/c1-10-7-21-11(2)5-14-16(20(14,3)4)13(18(21)26)6-12(8-23)17(25)22(21)19(10)27-9-15(24)28-22/h6-7,11,13-14,16-17,19,23,25H,5,8-9H2,1-4H3/t11-,13+,14-,16+,17-,19+,21-,22+/m1/s1. The van der Waals surface area contributed by atoms with Crippen molar-refractivity contribution in [3.05, 3.63) is 23.3 Å². The number of fused-ring (bicyclic) bond motifs is 3. The number of hydrogen-bond donors (Lipinski definition) is 2. The molecular weight excluding hydrogens is 360 g/mol. The lowest BCUT2D eigenvalue weighted by Gasteiger charge is -2.53. The summed E-state index contributed by atoms with van der Waals surface area (Å²) < 4.78 is 11.8. The predicted octanol–water partition coefficient (Wildman–Crippen LogP) is 1.40. The molecule has 5 rings (SSSR count). The molecule has 2 spiro atoms. The normalized spacial score (nSPS) is 50.9. The van der Waals surface area contributed by atoms with Gasteiger partial charge in [-0.05, 0) is 47.7 Å². The molecule has 0 aromatic heterocycles. The zero-order valence-corrected chi connectivity index (χ0v) is 16.8. The van der Waals surface area contributed by atoms with Crippen LogP contribution in [0.4, 0.5) is 0 Å². The maximum absolute atomic E-state index is 14.2. The second-order valence-electron chi connectivity index (χ2n) is 10.00. The van der Waals surface area contributed by atoms with Crippen LogP contribution in [-0.2, 0) is 19.1 Å². The molecule has 2 N–H and O–H groups in total. The van der Waals surface area contributed by atoms with Crippen LogP contribution in [-0.4, -0.2) is 53.0 Å². The van der Waals surface area contributed by atoms with E-state index in [1.807, 2.05) is 19.9 Å². The smallest absolute Gasteiger partial charge is 0.332 e. The summed E-state index contributed by atoms with van der Waals surface area (Å²) in [7, 11) is 0. The van der Waals surface area contributed by atoms with Crippen LogP contribution < -0.4 is 0 Å². The molecule has 1 heterocycles. The first-order valence-corrected chi connectivity index (χ1v) is 10.2. The third kappa shape index (κ3) is 1.81. The van der Waals surface area contributed by atoms with Crippen molar-refractivity contribution in [3.8, 4) is 0 Å². The molecule has 4 aliphatic carbocycles. The molecular formula is C22H28O6. The number of aliphatic hydroxyl groups excluding tert-OH is 2. The molecule has 0 amide bonds. The maximum atomic E-state index is 14.2. The topological polar surface area (TPSA) is 93.1 Å². The van der Waals surface area contributed by atoms with Crippen molar-refractivity contribution in [3.63, 3.8) is 0 Å². The predicted molar refractivity (Wildman–Crippen MR) is 99.0 cm³/mol. The number of carbonyl (C=O) groups excluding carboxylic acids is 2. The van der Waals surface area contributed by atoms with E-state index >= 15 is 0 Å². The summed E-state index contributed by atoms with van der Waals surface area (Å²) in [6.07, 6.45) is 2.50. The number of esters is 1. The minimum Gasteiger partial charge on any atom is -0.450 e. The van der Waals surface area contributed by atoms with E-state index in [1.165, 1.54) is 0 Å². The van der Waals surface area contributed by atoms with Gasteiger partial charge in [-0.3, -0.25) is 4.79 Å². The Balaban J connectivity index is 1.80. The van der Waals surface area contributed by atoms with Gasteiger partial charge in [0.05, 0.1) is 12.0 Å². The molecule has 1 aliphatic heterocycles. The Morgan fingerprint density at radius 3 is 2.68 bits per heavy atom. The van der Waals surface area contributed by atoms with Crippen LogP contribution >= 0.6 is 0 Å². The summed E-state index contributed by atoms with van der Waals surface area (Å²) in [5, 5.41) is 21.5. The largest absolute Gasteiger partial charge is 0.450 e. The zero-order chi connectivity index (χ0) is 20.2. The summed E-state index contributed by atoms with van der Waals surface area (Å²) in [5.41, 5.74) is -1.51. The number of Topliss-reactive ketones (excluding diaryl/α,β-unsaturated/α-hetero) is 1. The average Bonchev–Trinajstić information content (AvgIpc) is 3.09. The summed E-state index contributed by atoms with van der Waals surface area (Å²) in [6, 6.07) is 0. The molecule has 0 aromatic carbocycles. The van der Waals surface area contributed by atoms with Crippen molar-refractivity contribution in [2.75, 3.05) is 13.2 Å². The lowest BCUT2D eigenvalue weighted by molar-refractivity contribution is -0.248. The van der Waals surface area contributed by atoms with Crippen LogP contribution in [0.15, 0.2) is 23.3 Å². The van der Waals surface area contributed by atoms with Crippen LogP contribution in [0.25, 0.3) is 0 Å². The van der Waals surface area contributed by atoms with E-state index in [0.29, 0.717) is 11.5 Å². The Bertz CT molecular complexity index is 840. The SMILES string of the molecule is CC1=C[C@@]23C(=O)[C@@H](C=C(CO)[C@@H](O)[C@@]24OC(=O)CO[C@@H]14)[C@H]1[C@@H](C[C@H]3C)C1(C)C. The Morgan fingerprint density at radius 2 is 2.00 bits per heavy atom. The van der Waals surface area contributed by atoms with E-state index in [-0.39, 0.29) is 29.6 Å². The van der Waals surface area contributed by atoms with E-state index in [2.05, 4.69) is 13.8 Å². The van der Waals surface area contributed by atoms with Gasteiger partial charge in [0.1, 0.15) is 18.8 Å². The Kier molecular flexibility index (Phi) is 3.54. The van der Waals surface area contributed by atoms with Gasteiger partial charge in [-0.15, -0.1) is 0 Å². The fraction of sp³-hybridized carbons (Fsp3) is 0.727. The van der Waals surface area contributed by atoms with E-state index < -0.39 is 41.7 Å². The first kappa shape index (κ1) is 18.5. The number of ether oxygens (including phenoxy) is 2. The first-order valence-electron chi connectivity index (χ1n) is 10.2. The highest BCUT2D eigenvalue weighted by Gasteiger charge is 2.78. The first-order chi connectivity index (χ1) is 13.1. The van der Waals surface area contributed by atoms with Gasteiger partial charge >= 0.3 is 5.97 Å². The van der Waals surface area contributed by atoms with Crippen molar-refractivity contribution in [2.24, 2.45) is 34.5 Å². The summed E-state index contributed by atoms with van der Waals surface area (Å²) in [4.78, 5) is 26.5. The maximum Gasteiger partial charge on any atom is 0.332 e. The fourth-order valence-corrected chi connectivity index (χ4v) is 7.20. The molecule has 3 fully saturated rings. The number of aliphatic hydroxyl groups is 2. The highest BCUT2D eigenvalue weighted by Crippen LogP contribution is 2.72. The van der Waals surface area contributed by atoms with E-state index in [1.54, 1.807) is 6.08 Å². The molecule has 5 aliphatic rings. The van der Waals surface area contributed by atoms with Gasteiger partial charge in [0.15, 0.2) is 11.4 Å². The Morgan fingerprint density at radius 1 is 1.29 bits per heavy atom. The molecule has 152 valence electrons. The third-order valence-corrected chi connectivity index (χ3v) is 8.51. The molecule has 0 aromatic rings. The average molecular weight is 388 g/mol. The summed E-state index contributed by atoms with van der Waals surface area (Å²) in [5.74, 6) is -0.589. The Labute approximate surface area is 164 Å². The van der Waals surface area contributed by atoms with E-state index in [4.69, 9.17) is 9.47 Å². The molecule has 2 bridgehead atoms. The highest BCUT2D eigenvalue weighted by molar-refractivity contribution is 5.96. The van der Waals surface area contributed by atoms with Gasteiger partial charge in [-0.2, -0.15) is 0 Å². The van der Waals surface area contributed by atoms with Crippen molar-refractivity contribution >= 4 is 11.8 Å². The summed E-state index contributed by atoms with van der Waals surface area (Å²) in [6.45, 7) is 7.67. The van der Waals surface area contributed by atoms with Crippen LogP contribution in [0, 0.1) is 34.5 Å². The number of hydrogen-bond acceptors (Lipinski definition) is 6. The van der Waals surface area contributed by atoms with Gasteiger partial charge in [-0.25, -0.2) is 4.79 Å². The minimum absolute atomic E-state index is 0.0132. The van der Waals surface area contributed by atoms with Crippen LogP contribution in [0.5, 0.6) is 0 Å². The van der Waals surface area contributed by atoms with Gasteiger partial charge in [0, 0.05) is 5.92 Å². The molecule has 6 nitrogen and oxygen atoms in total. The van der Waals surface area contributed by atoms with Crippen LogP contribution in [0.1, 0.15) is 34.1 Å². The number of allylic oxidation sites excluding steroid dienone is 1. The van der Waals surface area contributed by atoms with Gasteiger partial charge in [-0.1, -0.05) is 32.9 Å². The molecule has 0 radical (unpaired) electrons. The third-order valence-electron chi connectivity index (χ3n) is 8.51. The zero-order valence-electron chi connectivity index (χ0n) is 16.8. The van der Waals surface area contributed by atoms with Gasteiger partial charge in [0.25, 0.3) is 0 Å². The minimum atomic E-state index is -1.55. The lowest BCUT2D eigenvalue weighted by atomic mass is 9.58. The molecule has 2 saturated carbocycles. The second-order valence-corrected chi connectivity index (χ2v) is 10.00. The van der Waals surface area contributed by atoms with Crippen molar-refractivity contribution in [1.29, 1.82) is 0 Å². The summed E-state index contributed by atoms with van der Waals surface area (Å²) >= 11 is 0. The monoisotopic (exact) mass is 388 g/mol. The number of rotatable bonds is 1. The van der Waals surface area contributed by atoms with Crippen molar-refractivity contribution in [2.45, 2.75) is 51.9 Å². The quantitative estimate of drug-likeness (QED) is 0.521. The van der Waals surface area contributed by atoms with Gasteiger partial charge < -0.3 is 19.7 Å². The number of carbonyl (C=O) groups is 2. The highest BCUT2D eigenvalue weighted by atomic mass is 16.6. The van der Waals surface area contributed by atoms with Crippen molar-refractivity contribution < 1.29 is 29.3 Å². The van der Waals surface area contributed by atoms with E-state index in [9.17, 15) is 19.8 Å². The van der Waals surface area contributed by atoms with Crippen LogP contribution in [0.2, 0.25) is 0 Å². The van der Waals surface area contributed by atoms with Crippen LogP contribution in [0.3, 0.4) is 0 Å². The Hall–Kier alpha value is -1.50. The fourth-order valence-electron chi connectivity index (χ4n) is 7.20. The number of ketones is 1.